The zero-order valence-electron chi connectivity index (χ0n) is 10.3. The molecule has 1 N–H and O–H groups in total. The van der Waals surface area contributed by atoms with Gasteiger partial charge in [0, 0.05) is 12.6 Å². The third-order valence-corrected chi connectivity index (χ3v) is 4.81. The van der Waals surface area contributed by atoms with Gasteiger partial charge in [0.1, 0.15) is 0 Å². The maximum absolute atomic E-state index is 11.5. The molecule has 1 aliphatic heterocycles. The van der Waals surface area contributed by atoms with E-state index in [9.17, 15) is 13.2 Å². The Morgan fingerprint density at radius 1 is 1.41 bits per heavy atom. The second-order valence-electron chi connectivity index (χ2n) is 4.61. The molecule has 0 aromatic rings. The number of nitrogens with zero attached hydrogens (tertiary/aromatic N) is 1. The molecule has 0 amide bonds. The first-order valence-electron chi connectivity index (χ1n) is 6.11. The number of unbranched alkanes of at least 4 members (excludes halogenated alkanes) is 2. The Morgan fingerprint density at radius 3 is 2.71 bits per heavy atom. The van der Waals surface area contributed by atoms with Gasteiger partial charge in [-0.2, -0.15) is 0 Å². The highest BCUT2D eigenvalue weighted by Gasteiger charge is 2.31. The number of carboxylic acids is 1. The van der Waals surface area contributed by atoms with Gasteiger partial charge in [-0.1, -0.05) is 19.8 Å². The summed E-state index contributed by atoms with van der Waals surface area (Å²) in [6, 6.07) is -0.344. The molecule has 6 heteroatoms. The first kappa shape index (κ1) is 14.4. The average Bonchev–Trinajstić information content (AvgIpc) is 2.20. The molecule has 1 saturated heterocycles. The number of rotatable bonds is 6. The lowest BCUT2D eigenvalue weighted by atomic mass is 10.1. The number of sulfone groups is 1. The van der Waals surface area contributed by atoms with Crippen molar-refractivity contribution >= 4 is 15.8 Å². The largest absolute Gasteiger partial charge is 0.481 e. The first-order valence-corrected chi connectivity index (χ1v) is 7.93. The van der Waals surface area contributed by atoms with Crippen LogP contribution in [0.4, 0.5) is 0 Å². The Labute approximate surface area is 103 Å². The minimum absolute atomic E-state index is 0.00851. The number of hydrogen-bond acceptors (Lipinski definition) is 4. The molecule has 1 aliphatic rings. The fourth-order valence-corrected chi connectivity index (χ4v) is 3.76. The summed E-state index contributed by atoms with van der Waals surface area (Å²) in [5.74, 6) is -0.770. The van der Waals surface area contributed by atoms with E-state index in [0.29, 0.717) is 6.54 Å². The van der Waals surface area contributed by atoms with Crippen molar-refractivity contribution in [3.63, 3.8) is 0 Å². The third kappa shape index (κ3) is 5.04. The van der Waals surface area contributed by atoms with Crippen molar-refractivity contribution in [1.82, 2.24) is 4.90 Å². The lowest BCUT2D eigenvalue weighted by Gasteiger charge is -2.34. The molecule has 0 radical (unpaired) electrons. The van der Waals surface area contributed by atoms with Crippen LogP contribution in [0, 0.1) is 0 Å². The summed E-state index contributed by atoms with van der Waals surface area (Å²) in [4.78, 5) is 12.8. The molecule has 100 valence electrons. The van der Waals surface area contributed by atoms with Crippen molar-refractivity contribution in [3.8, 4) is 0 Å². The van der Waals surface area contributed by atoms with Crippen molar-refractivity contribution in [1.29, 1.82) is 0 Å². The van der Waals surface area contributed by atoms with E-state index in [1.165, 1.54) is 0 Å². The van der Waals surface area contributed by atoms with Crippen LogP contribution in [0.25, 0.3) is 0 Å². The summed E-state index contributed by atoms with van der Waals surface area (Å²) < 4.78 is 23.0. The molecule has 0 aliphatic carbocycles. The fraction of sp³-hybridized carbons (Fsp3) is 0.909. The van der Waals surface area contributed by atoms with Gasteiger partial charge in [-0.05, 0) is 13.0 Å². The van der Waals surface area contributed by atoms with Gasteiger partial charge < -0.3 is 5.11 Å². The molecule has 1 rings (SSSR count). The lowest BCUT2D eigenvalue weighted by Crippen LogP contribution is -2.49. The third-order valence-electron chi connectivity index (χ3n) is 3.11. The summed E-state index contributed by atoms with van der Waals surface area (Å²) in [7, 11) is -3.05. The standard InChI is InChI=1S/C11H21NO4S/c1-2-3-4-5-12-6-7-17(15,16)9-10(12)8-11(13)14/h10H,2-9H2,1H3,(H,13,14). The van der Waals surface area contributed by atoms with Crippen LogP contribution in [0.1, 0.15) is 32.6 Å². The summed E-state index contributed by atoms with van der Waals surface area (Å²) in [5.41, 5.74) is 0. The maximum atomic E-state index is 11.5. The topological polar surface area (TPSA) is 74.7 Å². The molecule has 17 heavy (non-hydrogen) atoms. The van der Waals surface area contributed by atoms with Crippen LogP contribution in [0.15, 0.2) is 0 Å². The molecule has 0 saturated carbocycles. The van der Waals surface area contributed by atoms with Crippen molar-refractivity contribution < 1.29 is 18.3 Å². The molecule has 0 spiro atoms. The van der Waals surface area contributed by atoms with Gasteiger partial charge in [0.15, 0.2) is 9.84 Å². The normalized spacial score (nSPS) is 24.6. The number of hydrogen-bond donors (Lipinski definition) is 1. The van der Waals surface area contributed by atoms with Crippen LogP contribution >= 0.6 is 0 Å². The molecule has 5 nitrogen and oxygen atoms in total. The van der Waals surface area contributed by atoms with Crippen LogP contribution in [-0.4, -0.2) is 55.0 Å². The Hall–Kier alpha value is -0.620. The highest BCUT2D eigenvalue weighted by atomic mass is 32.2. The summed E-state index contributed by atoms with van der Waals surface area (Å²) in [6.45, 7) is 3.39. The Bertz CT molecular complexity index is 352. The van der Waals surface area contributed by atoms with Crippen LogP contribution in [0.3, 0.4) is 0 Å². The summed E-state index contributed by atoms with van der Waals surface area (Å²) in [6.07, 6.45) is 3.14. The minimum Gasteiger partial charge on any atom is -0.481 e. The molecule has 1 unspecified atom stereocenters. The molecule has 1 heterocycles. The monoisotopic (exact) mass is 263 g/mol. The minimum atomic E-state index is -3.05. The molecule has 0 bridgehead atoms. The molecule has 0 aromatic heterocycles. The first-order chi connectivity index (χ1) is 7.94. The van der Waals surface area contributed by atoms with E-state index in [0.717, 1.165) is 25.8 Å². The highest BCUT2D eigenvalue weighted by molar-refractivity contribution is 7.91. The molecule has 1 atom stereocenters. The van der Waals surface area contributed by atoms with Gasteiger partial charge >= 0.3 is 5.97 Å². The van der Waals surface area contributed by atoms with E-state index >= 15 is 0 Å². The van der Waals surface area contributed by atoms with Crippen molar-refractivity contribution in [2.75, 3.05) is 24.6 Å². The van der Waals surface area contributed by atoms with Crippen LogP contribution < -0.4 is 0 Å². The lowest BCUT2D eigenvalue weighted by molar-refractivity contribution is -0.138. The maximum Gasteiger partial charge on any atom is 0.304 e. The summed E-state index contributed by atoms with van der Waals surface area (Å²) in [5, 5.41) is 8.80. The second kappa shape index (κ2) is 6.35. The molecule has 1 fully saturated rings. The zero-order valence-corrected chi connectivity index (χ0v) is 11.1. The molecular formula is C11H21NO4S. The summed E-state index contributed by atoms with van der Waals surface area (Å²) >= 11 is 0. The van der Waals surface area contributed by atoms with E-state index < -0.39 is 15.8 Å². The van der Waals surface area contributed by atoms with E-state index in [2.05, 4.69) is 6.92 Å². The van der Waals surface area contributed by atoms with Crippen LogP contribution in [0.5, 0.6) is 0 Å². The molecule has 0 aromatic carbocycles. The van der Waals surface area contributed by atoms with Crippen molar-refractivity contribution in [2.24, 2.45) is 0 Å². The Kier molecular flexibility index (Phi) is 5.39. The highest BCUT2D eigenvalue weighted by Crippen LogP contribution is 2.16. The quantitative estimate of drug-likeness (QED) is 0.716. The van der Waals surface area contributed by atoms with E-state index in [-0.39, 0.29) is 24.0 Å². The molecular weight excluding hydrogens is 242 g/mol. The van der Waals surface area contributed by atoms with E-state index in [4.69, 9.17) is 5.11 Å². The number of aliphatic carboxylic acids is 1. The van der Waals surface area contributed by atoms with Gasteiger partial charge in [-0.15, -0.1) is 0 Å². The number of carbonyl (C=O) groups is 1. The zero-order chi connectivity index (χ0) is 12.9. The van der Waals surface area contributed by atoms with E-state index in [1.807, 2.05) is 4.90 Å². The van der Waals surface area contributed by atoms with Gasteiger partial charge in [-0.25, -0.2) is 8.42 Å². The van der Waals surface area contributed by atoms with Crippen molar-refractivity contribution in [2.45, 2.75) is 38.6 Å². The average molecular weight is 263 g/mol. The van der Waals surface area contributed by atoms with Gasteiger partial charge in [0.25, 0.3) is 0 Å². The fourth-order valence-electron chi connectivity index (χ4n) is 2.17. The smallest absolute Gasteiger partial charge is 0.304 e. The Morgan fingerprint density at radius 2 is 2.12 bits per heavy atom. The Balaban J connectivity index is 2.57. The van der Waals surface area contributed by atoms with Gasteiger partial charge in [0.05, 0.1) is 17.9 Å². The predicted octanol–water partition coefficient (Wildman–Crippen LogP) is 0.750. The van der Waals surface area contributed by atoms with Gasteiger partial charge in [0.2, 0.25) is 0 Å². The van der Waals surface area contributed by atoms with Crippen LogP contribution in [0.2, 0.25) is 0 Å². The van der Waals surface area contributed by atoms with E-state index in [1.54, 1.807) is 0 Å². The van der Waals surface area contributed by atoms with Crippen molar-refractivity contribution in [3.05, 3.63) is 0 Å². The predicted molar refractivity (Wildman–Crippen MR) is 65.8 cm³/mol. The van der Waals surface area contributed by atoms with Gasteiger partial charge in [-0.3, -0.25) is 9.69 Å². The second-order valence-corrected chi connectivity index (χ2v) is 6.84. The van der Waals surface area contributed by atoms with Crippen LogP contribution in [-0.2, 0) is 14.6 Å². The number of carboxylic acid groups (broad SMARTS) is 1. The SMILES string of the molecule is CCCCCN1CCS(=O)(=O)CC1CC(=O)O.